The molecule has 2 nitrogen and oxygen atoms in total. The van der Waals surface area contributed by atoms with Crippen LogP contribution in [0.5, 0.6) is 0 Å². The summed E-state index contributed by atoms with van der Waals surface area (Å²) in [5, 5.41) is 5.59. The summed E-state index contributed by atoms with van der Waals surface area (Å²) in [6, 6.07) is 10.8. The molecule has 0 aliphatic rings. The van der Waals surface area contributed by atoms with E-state index in [1.165, 1.54) is 4.88 Å². The molecule has 0 saturated carbocycles. The number of rotatable bonds is 4. The van der Waals surface area contributed by atoms with Crippen LogP contribution in [0.3, 0.4) is 0 Å². The van der Waals surface area contributed by atoms with E-state index in [0.717, 1.165) is 17.9 Å². The highest BCUT2D eigenvalue weighted by molar-refractivity contribution is 7.10. The molecule has 3 heteroatoms. The van der Waals surface area contributed by atoms with Crippen molar-refractivity contribution in [3.8, 4) is 0 Å². The Labute approximate surface area is 100 Å². The molecule has 1 N–H and O–H groups in total. The molecular weight excluding hydrogens is 216 g/mol. The van der Waals surface area contributed by atoms with Crippen LogP contribution in [-0.2, 0) is 6.54 Å². The van der Waals surface area contributed by atoms with Gasteiger partial charge in [0.2, 0.25) is 0 Å². The molecule has 2 aromatic heterocycles. The predicted octanol–water partition coefficient (Wildman–Crippen LogP) is 3.30. The van der Waals surface area contributed by atoms with Gasteiger partial charge < -0.3 is 5.32 Å². The first-order valence-electron chi connectivity index (χ1n) is 5.45. The molecule has 0 radical (unpaired) electrons. The van der Waals surface area contributed by atoms with Crippen LogP contribution < -0.4 is 5.32 Å². The number of hydrogen-bond acceptors (Lipinski definition) is 3. The van der Waals surface area contributed by atoms with Crippen LogP contribution in [0, 0.1) is 6.92 Å². The van der Waals surface area contributed by atoms with Crippen molar-refractivity contribution in [2.24, 2.45) is 0 Å². The van der Waals surface area contributed by atoms with Crippen molar-refractivity contribution in [1.82, 2.24) is 10.3 Å². The summed E-state index contributed by atoms with van der Waals surface area (Å²) in [5.74, 6) is 0. The van der Waals surface area contributed by atoms with Gasteiger partial charge in [-0.1, -0.05) is 12.1 Å². The number of nitrogens with zero attached hydrogens (tertiary/aromatic N) is 1. The Morgan fingerprint density at radius 3 is 2.88 bits per heavy atom. The molecule has 0 amide bonds. The van der Waals surface area contributed by atoms with E-state index >= 15 is 0 Å². The monoisotopic (exact) mass is 232 g/mol. The van der Waals surface area contributed by atoms with Crippen molar-refractivity contribution >= 4 is 11.3 Å². The lowest BCUT2D eigenvalue weighted by Crippen LogP contribution is -2.17. The zero-order chi connectivity index (χ0) is 11.4. The van der Waals surface area contributed by atoms with Crippen molar-refractivity contribution in [2.45, 2.75) is 26.4 Å². The smallest absolute Gasteiger partial charge is 0.0545 e. The summed E-state index contributed by atoms with van der Waals surface area (Å²) >= 11 is 1.79. The Morgan fingerprint density at radius 2 is 2.19 bits per heavy atom. The molecule has 0 saturated heterocycles. The minimum Gasteiger partial charge on any atom is -0.304 e. The highest BCUT2D eigenvalue weighted by atomic mass is 32.1. The Bertz CT molecular complexity index is 437. The Hall–Kier alpha value is -1.19. The van der Waals surface area contributed by atoms with E-state index in [1.54, 1.807) is 11.3 Å². The van der Waals surface area contributed by atoms with E-state index in [9.17, 15) is 0 Å². The van der Waals surface area contributed by atoms with Crippen LogP contribution >= 0.6 is 11.3 Å². The van der Waals surface area contributed by atoms with E-state index in [1.807, 2.05) is 13.0 Å². The third-order valence-electron chi connectivity index (χ3n) is 2.51. The second kappa shape index (κ2) is 5.23. The summed E-state index contributed by atoms with van der Waals surface area (Å²) in [5.41, 5.74) is 2.17. The van der Waals surface area contributed by atoms with Crippen LogP contribution in [0.25, 0.3) is 0 Å². The zero-order valence-corrected chi connectivity index (χ0v) is 10.4. The number of aryl methyl sites for hydroxylation is 1. The average molecular weight is 232 g/mol. The summed E-state index contributed by atoms with van der Waals surface area (Å²) < 4.78 is 0. The SMILES string of the molecule is Cc1cccc(CN[C@@H](C)c2cccs2)n1. The third kappa shape index (κ3) is 2.90. The molecule has 2 rings (SSSR count). The van der Waals surface area contributed by atoms with E-state index in [2.05, 4.69) is 46.9 Å². The van der Waals surface area contributed by atoms with Gasteiger partial charge in [-0.25, -0.2) is 0 Å². The fourth-order valence-electron chi connectivity index (χ4n) is 1.59. The quantitative estimate of drug-likeness (QED) is 0.875. The van der Waals surface area contributed by atoms with Gasteiger partial charge in [0.15, 0.2) is 0 Å². The third-order valence-corrected chi connectivity index (χ3v) is 3.56. The molecule has 84 valence electrons. The summed E-state index contributed by atoms with van der Waals surface area (Å²) in [6.07, 6.45) is 0. The van der Waals surface area contributed by atoms with Gasteiger partial charge >= 0.3 is 0 Å². The van der Waals surface area contributed by atoms with Crippen LogP contribution in [-0.4, -0.2) is 4.98 Å². The minimum atomic E-state index is 0.391. The van der Waals surface area contributed by atoms with E-state index < -0.39 is 0 Å². The number of pyridine rings is 1. The van der Waals surface area contributed by atoms with E-state index in [4.69, 9.17) is 0 Å². The Morgan fingerprint density at radius 1 is 1.31 bits per heavy atom. The maximum atomic E-state index is 4.47. The average Bonchev–Trinajstić information content (AvgIpc) is 2.79. The lowest BCUT2D eigenvalue weighted by atomic mass is 10.2. The molecule has 2 aromatic rings. The zero-order valence-electron chi connectivity index (χ0n) is 9.60. The standard InChI is InChI=1S/C13H16N2S/c1-10-5-3-6-12(15-10)9-14-11(2)13-7-4-8-16-13/h3-8,11,14H,9H2,1-2H3/t11-/m0/s1. The van der Waals surface area contributed by atoms with Crippen molar-refractivity contribution < 1.29 is 0 Å². The molecule has 0 spiro atoms. The molecule has 0 aromatic carbocycles. The highest BCUT2D eigenvalue weighted by Gasteiger charge is 2.05. The van der Waals surface area contributed by atoms with Gasteiger partial charge in [0.05, 0.1) is 5.69 Å². The molecule has 1 atom stereocenters. The van der Waals surface area contributed by atoms with E-state index in [-0.39, 0.29) is 0 Å². The van der Waals surface area contributed by atoms with E-state index in [0.29, 0.717) is 6.04 Å². The topological polar surface area (TPSA) is 24.9 Å². The minimum absolute atomic E-state index is 0.391. The second-order valence-electron chi connectivity index (χ2n) is 3.89. The molecule has 0 aliphatic carbocycles. The summed E-state index contributed by atoms with van der Waals surface area (Å²) in [7, 11) is 0. The van der Waals surface area contributed by atoms with Crippen LogP contribution in [0.4, 0.5) is 0 Å². The van der Waals surface area contributed by atoms with Crippen LogP contribution in [0.2, 0.25) is 0 Å². The van der Waals surface area contributed by atoms with Gasteiger partial charge in [-0.15, -0.1) is 11.3 Å². The molecule has 0 fully saturated rings. The first kappa shape index (κ1) is 11.3. The van der Waals surface area contributed by atoms with Crippen LogP contribution in [0.1, 0.15) is 29.2 Å². The lowest BCUT2D eigenvalue weighted by Gasteiger charge is -2.11. The van der Waals surface area contributed by atoms with Gasteiger partial charge in [0, 0.05) is 23.2 Å². The van der Waals surface area contributed by atoms with Gasteiger partial charge in [-0.05, 0) is 37.4 Å². The first-order valence-corrected chi connectivity index (χ1v) is 6.33. The molecule has 2 heterocycles. The number of nitrogens with one attached hydrogen (secondary N) is 1. The molecule has 16 heavy (non-hydrogen) atoms. The maximum absolute atomic E-state index is 4.47. The Balaban J connectivity index is 1.92. The molecule has 0 bridgehead atoms. The molecule has 0 unspecified atom stereocenters. The fraction of sp³-hybridized carbons (Fsp3) is 0.308. The predicted molar refractivity (Wildman–Crippen MR) is 68.5 cm³/mol. The van der Waals surface area contributed by atoms with Gasteiger partial charge in [0.25, 0.3) is 0 Å². The van der Waals surface area contributed by atoms with Gasteiger partial charge in [-0.3, -0.25) is 4.98 Å². The summed E-state index contributed by atoms with van der Waals surface area (Å²) in [4.78, 5) is 5.84. The summed E-state index contributed by atoms with van der Waals surface area (Å²) in [6.45, 7) is 5.02. The lowest BCUT2D eigenvalue weighted by molar-refractivity contribution is 0.575. The van der Waals surface area contributed by atoms with Gasteiger partial charge in [0.1, 0.15) is 0 Å². The second-order valence-corrected chi connectivity index (χ2v) is 4.87. The Kier molecular flexibility index (Phi) is 3.70. The fourth-order valence-corrected chi connectivity index (χ4v) is 2.35. The number of hydrogen-bond donors (Lipinski definition) is 1. The normalized spacial score (nSPS) is 12.6. The molecule has 0 aliphatic heterocycles. The van der Waals surface area contributed by atoms with Gasteiger partial charge in [-0.2, -0.15) is 0 Å². The largest absolute Gasteiger partial charge is 0.304 e. The van der Waals surface area contributed by atoms with Crippen molar-refractivity contribution in [3.05, 3.63) is 52.0 Å². The van der Waals surface area contributed by atoms with Crippen molar-refractivity contribution in [3.63, 3.8) is 0 Å². The first-order chi connectivity index (χ1) is 7.75. The van der Waals surface area contributed by atoms with Crippen molar-refractivity contribution in [2.75, 3.05) is 0 Å². The molecular formula is C13H16N2S. The van der Waals surface area contributed by atoms with Crippen LogP contribution in [0.15, 0.2) is 35.7 Å². The number of thiophene rings is 1. The maximum Gasteiger partial charge on any atom is 0.0545 e. The number of aromatic nitrogens is 1. The highest BCUT2D eigenvalue weighted by Crippen LogP contribution is 2.18. The van der Waals surface area contributed by atoms with Crippen molar-refractivity contribution in [1.29, 1.82) is 0 Å².